The molecule has 0 aliphatic rings. The lowest BCUT2D eigenvalue weighted by atomic mass is 10.3. The minimum absolute atomic E-state index is 0.0840. The molecule has 104 valence electrons. The smallest absolute Gasteiger partial charge is 0.214 e. The predicted molar refractivity (Wildman–Crippen MR) is 77.4 cm³/mol. The Hall–Kier alpha value is -0.430. The highest BCUT2D eigenvalue weighted by Crippen LogP contribution is 2.25. The van der Waals surface area contributed by atoms with Crippen LogP contribution in [0, 0.1) is 0 Å². The van der Waals surface area contributed by atoms with Crippen LogP contribution >= 0.6 is 11.3 Å². The Kier molecular flexibility index (Phi) is 6.28. The van der Waals surface area contributed by atoms with E-state index < -0.39 is 10.0 Å². The average Bonchev–Trinajstić information content (AvgIpc) is 2.86. The van der Waals surface area contributed by atoms with Gasteiger partial charge in [0.2, 0.25) is 10.0 Å². The second-order valence-corrected chi connectivity index (χ2v) is 7.46. The zero-order chi connectivity index (χ0) is 13.6. The van der Waals surface area contributed by atoms with Crippen molar-refractivity contribution in [2.45, 2.75) is 25.8 Å². The van der Waals surface area contributed by atoms with Crippen molar-refractivity contribution in [3.05, 3.63) is 22.4 Å². The van der Waals surface area contributed by atoms with Crippen molar-refractivity contribution in [3.63, 3.8) is 0 Å². The summed E-state index contributed by atoms with van der Waals surface area (Å²) in [5.41, 5.74) is 0. The SMILES string of the molecule is CNCCCCS(=O)(=O)N(C)C(C)c1cccs1. The van der Waals surface area contributed by atoms with Gasteiger partial charge in [-0.05, 0) is 44.8 Å². The molecule has 1 aromatic heterocycles. The molecule has 0 fully saturated rings. The Morgan fingerprint density at radius 3 is 2.72 bits per heavy atom. The van der Waals surface area contributed by atoms with Gasteiger partial charge in [0.15, 0.2) is 0 Å². The molecule has 1 heterocycles. The molecule has 0 bridgehead atoms. The van der Waals surface area contributed by atoms with Crippen LogP contribution in [-0.2, 0) is 10.0 Å². The van der Waals surface area contributed by atoms with Crippen LogP contribution in [0.3, 0.4) is 0 Å². The second kappa shape index (κ2) is 7.23. The van der Waals surface area contributed by atoms with Gasteiger partial charge in [0.05, 0.1) is 11.8 Å². The normalized spacial score (nSPS) is 14.0. The summed E-state index contributed by atoms with van der Waals surface area (Å²) < 4.78 is 25.8. The number of hydrogen-bond acceptors (Lipinski definition) is 4. The lowest BCUT2D eigenvalue weighted by Gasteiger charge is -2.23. The maximum atomic E-state index is 12.1. The van der Waals surface area contributed by atoms with E-state index >= 15 is 0 Å². The molecule has 1 atom stereocenters. The van der Waals surface area contributed by atoms with Crippen LogP contribution in [0.1, 0.15) is 30.7 Å². The van der Waals surface area contributed by atoms with Crippen LogP contribution in [0.2, 0.25) is 0 Å². The summed E-state index contributed by atoms with van der Waals surface area (Å²) in [6.07, 6.45) is 1.58. The number of sulfonamides is 1. The van der Waals surface area contributed by atoms with Gasteiger partial charge in [0, 0.05) is 11.9 Å². The van der Waals surface area contributed by atoms with Crippen molar-refractivity contribution in [1.82, 2.24) is 9.62 Å². The zero-order valence-corrected chi connectivity index (χ0v) is 12.9. The highest BCUT2D eigenvalue weighted by molar-refractivity contribution is 7.89. The van der Waals surface area contributed by atoms with Crippen molar-refractivity contribution < 1.29 is 8.42 Å². The Morgan fingerprint density at radius 1 is 1.44 bits per heavy atom. The van der Waals surface area contributed by atoms with E-state index in [1.807, 2.05) is 31.5 Å². The zero-order valence-electron chi connectivity index (χ0n) is 11.2. The number of hydrogen-bond donors (Lipinski definition) is 1. The fourth-order valence-electron chi connectivity index (χ4n) is 1.68. The minimum atomic E-state index is -3.15. The fourth-order valence-corrected chi connectivity index (χ4v) is 4.02. The second-order valence-electron chi connectivity index (χ2n) is 4.33. The lowest BCUT2D eigenvalue weighted by Crippen LogP contribution is -2.31. The number of unbranched alkanes of at least 4 members (excludes halogenated alkanes) is 1. The maximum absolute atomic E-state index is 12.1. The Bertz CT molecular complexity index is 429. The van der Waals surface area contributed by atoms with E-state index in [0.29, 0.717) is 6.42 Å². The minimum Gasteiger partial charge on any atom is -0.320 e. The molecule has 4 nitrogen and oxygen atoms in total. The largest absolute Gasteiger partial charge is 0.320 e. The fraction of sp³-hybridized carbons (Fsp3) is 0.667. The van der Waals surface area contributed by atoms with E-state index in [0.717, 1.165) is 17.8 Å². The molecular weight excluding hydrogens is 268 g/mol. The molecule has 1 rings (SSSR count). The topological polar surface area (TPSA) is 49.4 Å². The lowest BCUT2D eigenvalue weighted by molar-refractivity contribution is 0.401. The predicted octanol–water partition coefficient (Wildman–Crippen LogP) is 2.07. The van der Waals surface area contributed by atoms with Gasteiger partial charge in [0.1, 0.15) is 0 Å². The molecule has 1 aromatic rings. The summed E-state index contributed by atoms with van der Waals surface area (Å²) in [6.45, 7) is 2.79. The highest BCUT2D eigenvalue weighted by atomic mass is 32.2. The van der Waals surface area contributed by atoms with Gasteiger partial charge >= 0.3 is 0 Å². The summed E-state index contributed by atoms with van der Waals surface area (Å²) in [4.78, 5) is 1.08. The van der Waals surface area contributed by atoms with Crippen LogP contribution in [-0.4, -0.2) is 39.1 Å². The molecule has 6 heteroatoms. The number of rotatable bonds is 8. The molecule has 0 aliphatic carbocycles. The van der Waals surface area contributed by atoms with Crippen LogP contribution in [0.15, 0.2) is 17.5 Å². The van der Waals surface area contributed by atoms with Gasteiger partial charge < -0.3 is 5.32 Å². The number of nitrogens with one attached hydrogen (secondary N) is 1. The standard InChI is InChI=1S/C12H22N2O2S2/c1-11(12-7-6-9-17-12)14(3)18(15,16)10-5-4-8-13-2/h6-7,9,11,13H,4-5,8,10H2,1-3H3. The molecule has 0 amide bonds. The first kappa shape index (κ1) is 15.6. The summed E-state index contributed by atoms with van der Waals surface area (Å²) >= 11 is 1.59. The molecule has 18 heavy (non-hydrogen) atoms. The van der Waals surface area contributed by atoms with Gasteiger partial charge in [-0.1, -0.05) is 6.07 Å². The van der Waals surface area contributed by atoms with E-state index in [4.69, 9.17) is 0 Å². The summed E-state index contributed by atoms with van der Waals surface area (Å²) in [6, 6.07) is 3.84. The van der Waals surface area contributed by atoms with Crippen molar-refractivity contribution in [2.75, 3.05) is 26.4 Å². The van der Waals surface area contributed by atoms with Crippen LogP contribution < -0.4 is 5.32 Å². The first-order valence-corrected chi connectivity index (χ1v) is 8.61. The van der Waals surface area contributed by atoms with E-state index in [1.54, 1.807) is 18.4 Å². The highest BCUT2D eigenvalue weighted by Gasteiger charge is 2.24. The number of nitrogens with zero attached hydrogens (tertiary/aromatic N) is 1. The Balaban J connectivity index is 2.56. The van der Waals surface area contributed by atoms with Crippen molar-refractivity contribution in [1.29, 1.82) is 0 Å². The molecule has 0 radical (unpaired) electrons. The third kappa shape index (κ3) is 4.35. The Morgan fingerprint density at radius 2 is 2.17 bits per heavy atom. The number of thiophene rings is 1. The van der Waals surface area contributed by atoms with E-state index in [2.05, 4.69) is 5.32 Å². The van der Waals surface area contributed by atoms with E-state index in [9.17, 15) is 8.42 Å². The third-order valence-corrected chi connectivity index (χ3v) is 6.06. The van der Waals surface area contributed by atoms with Crippen molar-refractivity contribution in [2.24, 2.45) is 0 Å². The quantitative estimate of drug-likeness (QED) is 0.746. The van der Waals surface area contributed by atoms with Gasteiger partial charge in [-0.25, -0.2) is 8.42 Å². The van der Waals surface area contributed by atoms with E-state index in [1.165, 1.54) is 4.31 Å². The maximum Gasteiger partial charge on any atom is 0.214 e. The molecule has 0 aliphatic heterocycles. The molecular formula is C12H22N2O2S2. The average molecular weight is 290 g/mol. The summed E-state index contributed by atoms with van der Waals surface area (Å²) in [5.74, 6) is 0.223. The molecule has 0 saturated heterocycles. The van der Waals surface area contributed by atoms with Gasteiger partial charge in [-0.3, -0.25) is 0 Å². The molecule has 1 unspecified atom stereocenters. The third-order valence-electron chi connectivity index (χ3n) is 3.02. The van der Waals surface area contributed by atoms with E-state index in [-0.39, 0.29) is 11.8 Å². The van der Waals surface area contributed by atoms with Gasteiger partial charge in [-0.2, -0.15) is 4.31 Å². The molecule has 0 aromatic carbocycles. The van der Waals surface area contributed by atoms with Crippen LogP contribution in [0.25, 0.3) is 0 Å². The first-order chi connectivity index (χ1) is 8.49. The monoisotopic (exact) mass is 290 g/mol. The molecule has 0 spiro atoms. The Labute approximate surface area is 114 Å². The summed E-state index contributed by atoms with van der Waals surface area (Å²) in [5, 5.41) is 4.99. The molecule has 1 N–H and O–H groups in total. The van der Waals surface area contributed by atoms with Gasteiger partial charge in [0.25, 0.3) is 0 Å². The van der Waals surface area contributed by atoms with Crippen LogP contribution in [0.4, 0.5) is 0 Å². The van der Waals surface area contributed by atoms with Crippen LogP contribution in [0.5, 0.6) is 0 Å². The van der Waals surface area contributed by atoms with Crippen molar-refractivity contribution in [3.8, 4) is 0 Å². The summed E-state index contributed by atoms with van der Waals surface area (Å²) in [7, 11) is 0.385. The first-order valence-electron chi connectivity index (χ1n) is 6.12. The van der Waals surface area contributed by atoms with Crippen molar-refractivity contribution >= 4 is 21.4 Å². The van der Waals surface area contributed by atoms with Gasteiger partial charge in [-0.15, -0.1) is 11.3 Å². The molecule has 0 saturated carbocycles.